The largest absolute Gasteiger partial charge is 0.458 e. The van der Waals surface area contributed by atoms with Crippen molar-refractivity contribution in [2.24, 2.45) is 11.1 Å². The summed E-state index contributed by atoms with van der Waals surface area (Å²) in [5.41, 5.74) is 5.32. The number of esters is 1. The van der Waals surface area contributed by atoms with Gasteiger partial charge in [0.25, 0.3) is 0 Å². The second kappa shape index (κ2) is 3.89. The summed E-state index contributed by atoms with van der Waals surface area (Å²) in [5.74, 6) is -0.0946. The summed E-state index contributed by atoms with van der Waals surface area (Å²) in [6.07, 6.45) is 3.08. The third kappa shape index (κ3) is 2.08. The zero-order valence-electron chi connectivity index (χ0n) is 9.43. The van der Waals surface area contributed by atoms with Gasteiger partial charge in [-0.25, -0.2) is 0 Å². The van der Waals surface area contributed by atoms with Crippen molar-refractivity contribution in [2.75, 3.05) is 6.54 Å². The van der Waals surface area contributed by atoms with Crippen molar-refractivity contribution in [2.45, 2.75) is 52.1 Å². The molecule has 82 valence electrons. The molecule has 0 bridgehead atoms. The molecule has 1 fully saturated rings. The van der Waals surface area contributed by atoms with E-state index in [-0.39, 0.29) is 17.0 Å². The molecule has 0 saturated heterocycles. The lowest BCUT2D eigenvalue weighted by molar-refractivity contribution is -0.153. The number of rotatable bonds is 5. The summed E-state index contributed by atoms with van der Waals surface area (Å²) in [6, 6.07) is 0. The molecule has 1 atom stereocenters. The second-order valence-corrected chi connectivity index (χ2v) is 4.77. The van der Waals surface area contributed by atoms with Gasteiger partial charge in [-0.3, -0.25) is 4.79 Å². The fourth-order valence-electron chi connectivity index (χ4n) is 2.03. The van der Waals surface area contributed by atoms with Crippen LogP contribution in [-0.4, -0.2) is 18.1 Å². The minimum atomic E-state index is -0.182. The highest BCUT2D eigenvalue weighted by Crippen LogP contribution is 2.60. The molecule has 1 aliphatic rings. The minimum Gasteiger partial charge on any atom is -0.458 e. The summed E-state index contributed by atoms with van der Waals surface area (Å²) in [6.45, 7) is 6.92. The van der Waals surface area contributed by atoms with Gasteiger partial charge in [0.1, 0.15) is 5.60 Å². The van der Waals surface area contributed by atoms with Gasteiger partial charge in [-0.05, 0) is 25.8 Å². The van der Waals surface area contributed by atoms with Gasteiger partial charge in [0.2, 0.25) is 0 Å². The van der Waals surface area contributed by atoms with Crippen LogP contribution in [0.2, 0.25) is 0 Å². The first kappa shape index (κ1) is 11.5. The van der Waals surface area contributed by atoms with Crippen LogP contribution in [0.5, 0.6) is 0 Å². The molecule has 1 unspecified atom stereocenters. The Balaban J connectivity index is 2.40. The molecule has 0 radical (unpaired) electrons. The topological polar surface area (TPSA) is 52.3 Å². The van der Waals surface area contributed by atoms with E-state index in [9.17, 15) is 4.79 Å². The van der Waals surface area contributed by atoms with Gasteiger partial charge in [-0.1, -0.05) is 20.8 Å². The highest BCUT2D eigenvalue weighted by Gasteiger charge is 2.63. The van der Waals surface area contributed by atoms with E-state index in [4.69, 9.17) is 10.5 Å². The summed E-state index contributed by atoms with van der Waals surface area (Å²) in [5, 5.41) is 0. The van der Waals surface area contributed by atoms with Gasteiger partial charge in [0, 0.05) is 11.8 Å². The van der Waals surface area contributed by atoms with Gasteiger partial charge in [0.05, 0.1) is 0 Å². The molecular formula is C11H21NO2. The van der Waals surface area contributed by atoms with E-state index in [2.05, 4.69) is 20.8 Å². The molecular weight excluding hydrogens is 178 g/mol. The van der Waals surface area contributed by atoms with Crippen molar-refractivity contribution in [3.8, 4) is 0 Å². The normalized spacial score (nSPS) is 28.6. The van der Waals surface area contributed by atoms with Crippen molar-refractivity contribution >= 4 is 5.97 Å². The summed E-state index contributed by atoms with van der Waals surface area (Å²) in [4.78, 5) is 11.4. The van der Waals surface area contributed by atoms with Gasteiger partial charge in [-0.2, -0.15) is 0 Å². The number of hydrogen-bond acceptors (Lipinski definition) is 3. The molecule has 2 N–H and O–H groups in total. The fraction of sp³-hybridized carbons (Fsp3) is 0.909. The van der Waals surface area contributed by atoms with Crippen LogP contribution in [0.3, 0.4) is 0 Å². The Morgan fingerprint density at radius 2 is 2.07 bits per heavy atom. The lowest BCUT2D eigenvalue weighted by Gasteiger charge is -2.19. The molecule has 0 spiro atoms. The smallest absolute Gasteiger partial charge is 0.306 e. The average molecular weight is 199 g/mol. The summed E-state index contributed by atoms with van der Waals surface area (Å²) < 4.78 is 5.52. The molecule has 1 aliphatic carbocycles. The highest BCUT2D eigenvalue weighted by molar-refractivity contribution is 5.70. The van der Waals surface area contributed by atoms with Gasteiger partial charge < -0.3 is 10.5 Å². The Morgan fingerprint density at radius 1 is 1.50 bits per heavy atom. The van der Waals surface area contributed by atoms with Crippen LogP contribution < -0.4 is 5.73 Å². The quantitative estimate of drug-likeness (QED) is 0.687. The molecule has 3 nitrogen and oxygen atoms in total. The number of nitrogens with two attached hydrogens (primary N) is 1. The van der Waals surface area contributed by atoms with Crippen LogP contribution >= 0.6 is 0 Å². The van der Waals surface area contributed by atoms with E-state index in [0.717, 1.165) is 19.3 Å². The number of hydrogen-bond donors (Lipinski definition) is 1. The van der Waals surface area contributed by atoms with E-state index in [0.29, 0.717) is 13.0 Å². The predicted octanol–water partition coefficient (Wildman–Crippen LogP) is 1.85. The predicted molar refractivity (Wildman–Crippen MR) is 55.8 cm³/mol. The van der Waals surface area contributed by atoms with Crippen LogP contribution in [0.15, 0.2) is 0 Å². The number of carbonyl (C=O) groups is 1. The SMILES string of the molecule is CCC1(OC(=O)CCCN)CC1(C)C. The Hall–Kier alpha value is -0.570. The van der Waals surface area contributed by atoms with Crippen molar-refractivity contribution in [3.05, 3.63) is 0 Å². The molecule has 1 saturated carbocycles. The Labute approximate surface area is 86.0 Å². The van der Waals surface area contributed by atoms with Crippen LogP contribution in [0, 0.1) is 5.41 Å². The van der Waals surface area contributed by atoms with Crippen LogP contribution in [0.1, 0.15) is 46.5 Å². The van der Waals surface area contributed by atoms with Crippen LogP contribution in [-0.2, 0) is 9.53 Å². The fourth-order valence-corrected chi connectivity index (χ4v) is 2.03. The Morgan fingerprint density at radius 3 is 2.43 bits per heavy atom. The minimum absolute atomic E-state index is 0.0946. The lowest BCUT2D eigenvalue weighted by Crippen LogP contribution is -2.24. The molecule has 0 heterocycles. The first-order valence-electron chi connectivity index (χ1n) is 5.39. The maximum atomic E-state index is 11.4. The van der Waals surface area contributed by atoms with Gasteiger partial charge in [0.15, 0.2) is 0 Å². The third-order valence-corrected chi connectivity index (χ3v) is 3.30. The summed E-state index contributed by atoms with van der Waals surface area (Å²) >= 11 is 0. The second-order valence-electron chi connectivity index (χ2n) is 4.77. The highest BCUT2D eigenvalue weighted by atomic mass is 16.6. The van der Waals surface area contributed by atoms with Gasteiger partial charge in [-0.15, -0.1) is 0 Å². The van der Waals surface area contributed by atoms with E-state index in [1.54, 1.807) is 0 Å². The molecule has 0 aromatic heterocycles. The zero-order valence-corrected chi connectivity index (χ0v) is 9.43. The lowest BCUT2D eigenvalue weighted by atomic mass is 10.1. The third-order valence-electron chi connectivity index (χ3n) is 3.30. The molecule has 0 aromatic carbocycles. The molecule has 0 aromatic rings. The van der Waals surface area contributed by atoms with Gasteiger partial charge >= 0.3 is 5.97 Å². The molecule has 0 aliphatic heterocycles. The van der Waals surface area contributed by atoms with Crippen molar-refractivity contribution in [1.82, 2.24) is 0 Å². The molecule has 14 heavy (non-hydrogen) atoms. The Kier molecular flexibility index (Phi) is 3.20. The van der Waals surface area contributed by atoms with Crippen molar-refractivity contribution in [3.63, 3.8) is 0 Å². The maximum Gasteiger partial charge on any atom is 0.306 e. The van der Waals surface area contributed by atoms with Crippen molar-refractivity contribution < 1.29 is 9.53 Å². The average Bonchev–Trinajstić information content (AvgIpc) is 2.65. The van der Waals surface area contributed by atoms with E-state index < -0.39 is 0 Å². The summed E-state index contributed by atoms with van der Waals surface area (Å²) in [7, 11) is 0. The van der Waals surface area contributed by atoms with E-state index >= 15 is 0 Å². The van der Waals surface area contributed by atoms with Crippen molar-refractivity contribution in [1.29, 1.82) is 0 Å². The molecule has 0 amide bonds. The first-order chi connectivity index (χ1) is 6.47. The number of carbonyl (C=O) groups excluding carboxylic acids is 1. The maximum absolute atomic E-state index is 11.4. The van der Waals surface area contributed by atoms with Crippen LogP contribution in [0.4, 0.5) is 0 Å². The monoisotopic (exact) mass is 199 g/mol. The Bertz CT molecular complexity index is 225. The zero-order chi connectivity index (χ0) is 10.8. The van der Waals surface area contributed by atoms with E-state index in [1.807, 2.05) is 0 Å². The molecule has 1 rings (SSSR count). The van der Waals surface area contributed by atoms with Crippen LogP contribution in [0.25, 0.3) is 0 Å². The van der Waals surface area contributed by atoms with E-state index in [1.165, 1.54) is 0 Å². The number of ether oxygens (including phenoxy) is 1. The standard InChI is InChI=1S/C11H21NO2/c1-4-11(8-10(11,2)3)14-9(13)6-5-7-12/h4-8,12H2,1-3H3. The first-order valence-corrected chi connectivity index (χ1v) is 5.39. The molecule has 3 heteroatoms.